The molecule has 0 aliphatic heterocycles. The van der Waals surface area contributed by atoms with Gasteiger partial charge in [0, 0.05) is 12.1 Å². The van der Waals surface area contributed by atoms with Crippen LogP contribution in [0, 0.1) is 0 Å². The average molecular weight is 198 g/mol. The van der Waals surface area contributed by atoms with Crippen molar-refractivity contribution in [1.82, 2.24) is 10.6 Å². The van der Waals surface area contributed by atoms with Gasteiger partial charge in [0.25, 0.3) is 0 Å². The van der Waals surface area contributed by atoms with Crippen molar-refractivity contribution in [3.8, 4) is 0 Å². The number of amides is 2. The number of nitrogens with one attached hydrogen (secondary N) is 2. The molecule has 0 aromatic rings. The summed E-state index contributed by atoms with van der Waals surface area (Å²) < 4.78 is 0. The molecule has 2 amide bonds. The summed E-state index contributed by atoms with van der Waals surface area (Å²) in [7, 11) is 0. The van der Waals surface area contributed by atoms with Gasteiger partial charge in [-0.1, -0.05) is 26.2 Å². The van der Waals surface area contributed by atoms with Crippen LogP contribution in [0.4, 0.5) is 4.79 Å². The van der Waals surface area contributed by atoms with E-state index in [4.69, 9.17) is 0 Å². The number of urea groups is 1. The van der Waals surface area contributed by atoms with E-state index in [0.29, 0.717) is 0 Å². The first-order valence-electron chi connectivity index (χ1n) is 5.72. The van der Waals surface area contributed by atoms with Crippen molar-refractivity contribution in [3.05, 3.63) is 0 Å². The number of carbonyl (C=O) groups is 1. The van der Waals surface area contributed by atoms with Crippen LogP contribution in [0.25, 0.3) is 0 Å². The van der Waals surface area contributed by atoms with Crippen molar-refractivity contribution < 1.29 is 4.79 Å². The van der Waals surface area contributed by atoms with Crippen LogP contribution in [-0.2, 0) is 0 Å². The standard InChI is InChI=1S/C11H22N2O/c1-3-9-12-10(14)13-11(2)7-5-4-6-8-11/h3-9H2,1-2H3,(H2,12,13,14). The Morgan fingerprint density at radius 1 is 1.29 bits per heavy atom. The van der Waals surface area contributed by atoms with Crippen LogP contribution in [0.15, 0.2) is 0 Å². The van der Waals surface area contributed by atoms with E-state index < -0.39 is 0 Å². The predicted molar refractivity (Wildman–Crippen MR) is 58.3 cm³/mol. The zero-order chi connectivity index (χ0) is 10.4. The quantitative estimate of drug-likeness (QED) is 0.718. The van der Waals surface area contributed by atoms with Crippen LogP contribution < -0.4 is 10.6 Å². The van der Waals surface area contributed by atoms with Gasteiger partial charge in [-0.15, -0.1) is 0 Å². The number of hydrogen-bond donors (Lipinski definition) is 2. The zero-order valence-electron chi connectivity index (χ0n) is 9.36. The second-order valence-electron chi connectivity index (χ2n) is 4.50. The third kappa shape index (κ3) is 3.56. The molecular weight excluding hydrogens is 176 g/mol. The molecule has 0 aromatic heterocycles. The number of rotatable bonds is 3. The third-order valence-corrected chi connectivity index (χ3v) is 2.91. The highest BCUT2D eigenvalue weighted by molar-refractivity contribution is 5.74. The smallest absolute Gasteiger partial charge is 0.315 e. The first-order chi connectivity index (χ1) is 6.66. The van der Waals surface area contributed by atoms with E-state index in [2.05, 4.69) is 24.5 Å². The maximum atomic E-state index is 11.5. The predicted octanol–water partition coefficient (Wildman–Crippen LogP) is 2.42. The van der Waals surface area contributed by atoms with Crippen molar-refractivity contribution in [1.29, 1.82) is 0 Å². The normalized spacial score (nSPS) is 20.1. The topological polar surface area (TPSA) is 41.1 Å². The summed E-state index contributed by atoms with van der Waals surface area (Å²) in [6, 6.07) is -0.00347. The number of carbonyl (C=O) groups excluding carboxylic acids is 1. The van der Waals surface area contributed by atoms with E-state index in [1.54, 1.807) is 0 Å². The monoisotopic (exact) mass is 198 g/mol. The Morgan fingerprint density at radius 3 is 2.50 bits per heavy atom. The minimum Gasteiger partial charge on any atom is -0.338 e. The Balaban J connectivity index is 2.29. The fourth-order valence-electron chi connectivity index (χ4n) is 2.01. The van der Waals surface area contributed by atoms with Gasteiger partial charge in [0.05, 0.1) is 0 Å². The summed E-state index contributed by atoms with van der Waals surface area (Å²) in [5.41, 5.74) is 0.0378. The molecule has 1 aliphatic rings. The number of hydrogen-bond acceptors (Lipinski definition) is 1. The maximum Gasteiger partial charge on any atom is 0.315 e. The van der Waals surface area contributed by atoms with Gasteiger partial charge >= 0.3 is 6.03 Å². The highest BCUT2D eigenvalue weighted by Gasteiger charge is 2.27. The lowest BCUT2D eigenvalue weighted by molar-refractivity contribution is 0.211. The molecule has 1 fully saturated rings. The molecule has 82 valence electrons. The molecular formula is C11H22N2O. The molecule has 0 bridgehead atoms. The highest BCUT2D eigenvalue weighted by atomic mass is 16.2. The lowest BCUT2D eigenvalue weighted by Gasteiger charge is -2.34. The van der Waals surface area contributed by atoms with E-state index in [1.807, 2.05) is 0 Å². The first-order valence-corrected chi connectivity index (χ1v) is 5.72. The Morgan fingerprint density at radius 2 is 1.93 bits per heavy atom. The minimum atomic E-state index is -0.00347. The van der Waals surface area contributed by atoms with Crippen LogP contribution in [0.3, 0.4) is 0 Å². The van der Waals surface area contributed by atoms with Gasteiger partial charge in [-0.2, -0.15) is 0 Å². The van der Waals surface area contributed by atoms with Crippen molar-refractivity contribution in [2.45, 2.75) is 57.9 Å². The lowest BCUT2D eigenvalue weighted by atomic mass is 9.83. The fraction of sp³-hybridized carbons (Fsp3) is 0.909. The Kier molecular flexibility index (Phi) is 4.23. The van der Waals surface area contributed by atoms with Crippen molar-refractivity contribution in [3.63, 3.8) is 0 Å². The van der Waals surface area contributed by atoms with E-state index in [-0.39, 0.29) is 11.6 Å². The highest BCUT2D eigenvalue weighted by Crippen LogP contribution is 2.27. The molecule has 0 radical (unpaired) electrons. The summed E-state index contributed by atoms with van der Waals surface area (Å²) in [4.78, 5) is 11.5. The second kappa shape index (κ2) is 5.23. The van der Waals surface area contributed by atoms with Gasteiger partial charge in [-0.25, -0.2) is 4.79 Å². The maximum absolute atomic E-state index is 11.5. The SMILES string of the molecule is CCCNC(=O)NC1(C)CCCCC1. The van der Waals surface area contributed by atoms with Crippen LogP contribution in [0.5, 0.6) is 0 Å². The molecule has 0 spiro atoms. The van der Waals surface area contributed by atoms with Crippen molar-refractivity contribution in [2.24, 2.45) is 0 Å². The fourth-order valence-corrected chi connectivity index (χ4v) is 2.01. The van der Waals surface area contributed by atoms with Crippen molar-refractivity contribution >= 4 is 6.03 Å². The van der Waals surface area contributed by atoms with Gasteiger partial charge in [0.15, 0.2) is 0 Å². The van der Waals surface area contributed by atoms with Crippen LogP contribution in [-0.4, -0.2) is 18.1 Å². The van der Waals surface area contributed by atoms with Gasteiger partial charge in [-0.05, 0) is 26.2 Å². The molecule has 2 N–H and O–H groups in total. The summed E-state index contributed by atoms with van der Waals surface area (Å²) in [5.74, 6) is 0. The lowest BCUT2D eigenvalue weighted by Crippen LogP contribution is -2.51. The molecule has 3 heteroatoms. The Hall–Kier alpha value is -0.730. The second-order valence-corrected chi connectivity index (χ2v) is 4.50. The summed E-state index contributed by atoms with van der Waals surface area (Å²) in [5, 5.41) is 5.93. The molecule has 1 rings (SSSR count). The third-order valence-electron chi connectivity index (χ3n) is 2.91. The van der Waals surface area contributed by atoms with Gasteiger partial charge in [-0.3, -0.25) is 0 Å². The summed E-state index contributed by atoms with van der Waals surface area (Å²) in [6.07, 6.45) is 7.02. The molecule has 0 aromatic carbocycles. The molecule has 3 nitrogen and oxygen atoms in total. The van der Waals surface area contributed by atoms with E-state index >= 15 is 0 Å². The zero-order valence-corrected chi connectivity index (χ0v) is 9.36. The van der Waals surface area contributed by atoms with Gasteiger partial charge < -0.3 is 10.6 Å². The van der Waals surface area contributed by atoms with Gasteiger partial charge in [0.2, 0.25) is 0 Å². The van der Waals surface area contributed by atoms with E-state index in [9.17, 15) is 4.79 Å². The molecule has 0 saturated heterocycles. The molecule has 0 atom stereocenters. The molecule has 14 heavy (non-hydrogen) atoms. The summed E-state index contributed by atoms with van der Waals surface area (Å²) >= 11 is 0. The Bertz CT molecular complexity index is 186. The molecule has 1 saturated carbocycles. The molecule has 0 unspecified atom stereocenters. The first kappa shape index (κ1) is 11.3. The largest absolute Gasteiger partial charge is 0.338 e. The average Bonchev–Trinajstić information content (AvgIpc) is 2.15. The minimum absolute atomic E-state index is 0.00347. The van der Waals surface area contributed by atoms with E-state index in [0.717, 1.165) is 25.8 Å². The van der Waals surface area contributed by atoms with Gasteiger partial charge in [0.1, 0.15) is 0 Å². The molecule has 1 aliphatic carbocycles. The van der Waals surface area contributed by atoms with E-state index in [1.165, 1.54) is 19.3 Å². The van der Waals surface area contributed by atoms with Crippen molar-refractivity contribution in [2.75, 3.05) is 6.54 Å². The van der Waals surface area contributed by atoms with Crippen LogP contribution in [0.1, 0.15) is 52.4 Å². The Labute approximate surface area is 86.6 Å². The molecule has 0 heterocycles. The summed E-state index contributed by atoms with van der Waals surface area (Å²) in [6.45, 7) is 4.97. The van der Waals surface area contributed by atoms with Crippen LogP contribution >= 0.6 is 0 Å². The van der Waals surface area contributed by atoms with Crippen LogP contribution in [0.2, 0.25) is 0 Å².